The number of hydrogen-bond acceptors (Lipinski definition) is 7. The van der Waals surface area contributed by atoms with Crippen LogP contribution in [0.25, 0.3) is 0 Å². The number of phenolic OH excluding ortho intramolecular Hbond substituents is 1. The molecule has 1 aromatic rings. The number of rotatable bonds is 14. The van der Waals surface area contributed by atoms with Crippen molar-refractivity contribution in [2.24, 2.45) is 0 Å². The van der Waals surface area contributed by atoms with Crippen LogP contribution in [-0.4, -0.2) is 55.2 Å². The van der Waals surface area contributed by atoms with E-state index in [2.05, 4.69) is 6.92 Å². The zero-order valence-electron chi connectivity index (χ0n) is 18.6. The van der Waals surface area contributed by atoms with Crippen LogP contribution in [0.4, 0.5) is 0 Å². The average Bonchev–Trinajstić information content (AvgIpc) is 3.15. The highest BCUT2D eigenvalue weighted by Crippen LogP contribution is 2.53. The van der Waals surface area contributed by atoms with Gasteiger partial charge in [0.25, 0.3) is 0 Å². The number of carbonyl (C=O) groups is 2. The summed E-state index contributed by atoms with van der Waals surface area (Å²) < 4.78 is 6.00. The third-order valence-corrected chi connectivity index (χ3v) is 10.7. The Morgan fingerprint density at radius 2 is 2.10 bits per heavy atom. The van der Waals surface area contributed by atoms with Crippen molar-refractivity contribution in [1.82, 2.24) is 0 Å². The van der Waals surface area contributed by atoms with Crippen molar-refractivity contribution >= 4 is 47.0 Å². The highest BCUT2D eigenvalue weighted by atomic mass is 32.2. The van der Waals surface area contributed by atoms with Gasteiger partial charge in [-0.1, -0.05) is 20.3 Å². The third-order valence-electron chi connectivity index (χ3n) is 5.29. The lowest BCUT2D eigenvalue weighted by Crippen LogP contribution is -2.18. The summed E-state index contributed by atoms with van der Waals surface area (Å²) in [5.41, 5.74) is 1.07. The molecule has 174 valence electrons. The Kier molecular flexibility index (Phi) is 10.9. The molecule has 2 rings (SSSR count). The minimum atomic E-state index is -0.710. The number of ketones is 1. The summed E-state index contributed by atoms with van der Waals surface area (Å²) in [5.74, 6) is 3.03. The Morgan fingerprint density at radius 1 is 1.32 bits per heavy atom. The van der Waals surface area contributed by atoms with E-state index in [1.54, 1.807) is 12.1 Å². The van der Waals surface area contributed by atoms with Crippen LogP contribution in [-0.2, 0) is 11.2 Å². The summed E-state index contributed by atoms with van der Waals surface area (Å²) in [6, 6.07) is 3.43. The maximum atomic E-state index is 11.7. The Balaban J connectivity index is 1.74. The fraction of sp³-hybridized carbons (Fsp3) is 0.652. The number of benzene rings is 1. The maximum absolute atomic E-state index is 11.7. The molecule has 1 aliphatic rings. The van der Waals surface area contributed by atoms with Gasteiger partial charge in [0, 0.05) is 28.7 Å². The van der Waals surface area contributed by atoms with Crippen LogP contribution in [0, 0.1) is 0 Å². The molecule has 0 amide bonds. The van der Waals surface area contributed by atoms with Crippen LogP contribution in [0.3, 0.4) is 0 Å². The Morgan fingerprint density at radius 3 is 2.74 bits per heavy atom. The van der Waals surface area contributed by atoms with Gasteiger partial charge in [-0.05, 0) is 50.5 Å². The van der Waals surface area contributed by atoms with E-state index in [-0.39, 0.29) is 22.0 Å². The molecule has 8 heteroatoms. The average molecular weight is 487 g/mol. The van der Waals surface area contributed by atoms with Crippen LogP contribution in [0.15, 0.2) is 12.1 Å². The first-order valence-corrected chi connectivity index (χ1v) is 13.9. The molecule has 0 saturated carbocycles. The van der Waals surface area contributed by atoms with Crippen LogP contribution < -0.4 is 4.74 Å². The highest BCUT2D eigenvalue weighted by molar-refractivity contribution is 8.22. The molecule has 2 atom stereocenters. The van der Waals surface area contributed by atoms with Crippen LogP contribution in [0.5, 0.6) is 11.5 Å². The minimum Gasteiger partial charge on any atom is -0.507 e. The molecule has 0 spiro atoms. The molecule has 0 aliphatic carbocycles. The molecule has 31 heavy (non-hydrogen) atoms. The van der Waals surface area contributed by atoms with Gasteiger partial charge < -0.3 is 14.9 Å². The first-order valence-electron chi connectivity index (χ1n) is 10.9. The van der Waals surface area contributed by atoms with Gasteiger partial charge >= 0.3 is 5.97 Å². The number of aromatic hydroxyl groups is 1. The quantitative estimate of drug-likeness (QED) is 0.249. The first kappa shape index (κ1) is 26.3. The first-order chi connectivity index (χ1) is 14.8. The standard InChI is InChI=1S/C23H34O5S3/c1-4-7-19-20(9-8-18(16(3)24)22(19)27)28-12-6-13-29-14-17-15-30-23(5-2,31-17)11-10-21(25)26/h8-9,17,27H,4-7,10-15H2,1-3H3,(H,25,26)/t17-,23+/m1/s1. The molecule has 1 aromatic carbocycles. The number of phenols is 1. The maximum Gasteiger partial charge on any atom is 0.303 e. The predicted octanol–water partition coefficient (Wildman–Crippen LogP) is 5.87. The van der Waals surface area contributed by atoms with Crippen molar-refractivity contribution < 1.29 is 24.5 Å². The number of Topliss-reactive ketones (excluding diaryl/α,β-unsaturated/α-hetero) is 1. The lowest BCUT2D eigenvalue weighted by atomic mass is 10.0. The summed E-state index contributed by atoms with van der Waals surface area (Å²) >= 11 is 5.82. The van der Waals surface area contributed by atoms with Crippen molar-refractivity contribution in [2.45, 2.75) is 68.6 Å². The van der Waals surface area contributed by atoms with Crippen LogP contribution in [0.1, 0.15) is 68.8 Å². The summed E-state index contributed by atoms with van der Waals surface area (Å²) in [7, 11) is 0. The molecule has 1 heterocycles. The summed E-state index contributed by atoms with van der Waals surface area (Å²) in [6.07, 6.45) is 4.43. The molecule has 1 fully saturated rings. The second-order valence-corrected chi connectivity index (χ2v) is 12.2. The molecule has 0 unspecified atom stereocenters. The molecular weight excluding hydrogens is 452 g/mol. The number of thioether (sulfide) groups is 3. The number of carboxylic acids is 1. The van der Waals surface area contributed by atoms with Crippen molar-refractivity contribution in [3.8, 4) is 11.5 Å². The smallest absolute Gasteiger partial charge is 0.303 e. The summed E-state index contributed by atoms with van der Waals surface area (Å²) in [4.78, 5) is 22.6. The Labute approximate surface area is 198 Å². The van der Waals surface area contributed by atoms with E-state index in [0.717, 1.165) is 48.5 Å². The van der Waals surface area contributed by atoms with E-state index < -0.39 is 5.97 Å². The molecule has 0 aromatic heterocycles. The lowest BCUT2D eigenvalue weighted by molar-refractivity contribution is -0.137. The summed E-state index contributed by atoms with van der Waals surface area (Å²) in [6.45, 7) is 6.23. The highest BCUT2D eigenvalue weighted by Gasteiger charge is 2.39. The largest absolute Gasteiger partial charge is 0.507 e. The molecule has 1 saturated heterocycles. The number of ether oxygens (including phenoxy) is 1. The number of carbonyl (C=O) groups excluding carboxylic acids is 1. The molecule has 1 aliphatic heterocycles. The van der Waals surface area contributed by atoms with Gasteiger partial charge in [-0.25, -0.2) is 0 Å². The molecule has 0 bridgehead atoms. The molecule has 0 radical (unpaired) electrons. The zero-order valence-corrected chi connectivity index (χ0v) is 21.1. The van der Waals surface area contributed by atoms with Crippen molar-refractivity contribution in [2.75, 3.05) is 23.9 Å². The van der Waals surface area contributed by atoms with Crippen molar-refractivity contribution in [1.29, 1.82) is 0 Å². The van der Waals surface area contributed by atoms with Gasteiger partial charge in [-0.2, -0.15) is 11.8 Å². The minimum absolute atomic E-state index is 0.0549. The molecular formula is C23H34O5S3. The van der Waals surface area contributed by atoms with E-state index in [1.807, 2.05) is 42.2 Å². The fourth-order valence-electron chi connectivity index (χ4n) is 3.58. The number of aliphatic carboxylic acids is 1. The number of hydrogen-bond donors (Lipinski definition) is 2. The van der Waals surface area contributed by atoms with Crippen LogP contribution >= 0.6 is 35.3 Å². The van der Waals surface area contributed by atoms with E-state index >= 15 is 0 Å². The molecule has 5 nitrogen and oxygen atoms in total. The SMILES string of the molecule is CCCc1c(OCCCSC[C@@H]2CS[C@](CC)(CCC(=O)O)S2)ccc(C(C)=O)c1O. The lowest BCUT2D eigenvalue weighted by Gasteiger charge is -2.25. The van der Waals surface area contributed by atoms with Crippen LogP contribution in [0.2, 0.25) is 0 Å². The van der Waals surface area contributed by atoms with Crippen molar-refractivity contribution in [3.05, 3.63) is 23.3 Å². The zero-order chi connectivity index (χ0) is 22.9. The number of carboxylic acid groups (broad SMARTS) is 1. The van der Waals surface area contributed by atoms with E-state index in [9.17, 15) is 14.7 Å². The van der Waals surface area contributed by atoms with Gasteiger partial charge in [0.15, 0.2) is 5.78 Å². The second-order valence-electron chi connectivity index (χ2n) is 7.73. The van der Waals surface area contributed by atoms with E-state index in [4.69, 9.17) is 9.84 Å². The van der Waals surface area contributed by atoms with Gasteiger partial charge in [-0.15, -0.1) is 23.5 Å². The third kappa shape index (κ3) is 7.82. The van der Waals surface area contributed by atoms with Gasteiger partial charge in [-0.3, -0.25) is 9.59 Å². The second kappa shape index (κ2) is 12.9. The van der Waals surface area contributed by atoms with Crippen molar-refractivity contribution in [3.63, 3.8) is 0 Å². The summed E-state index contributed by atoms with van der Waals surface area (Å²) in [5, 5.41) is 20.0. The monoisotopic (exact) mass is 486 g/mol. The van der Waals surface area contributed by atoms with Gasteiger partial charge in [0.05, 0.1) is 16.2 Å². The van der Waals surface area contributed by atoms with E-state index in [1.165, 1.54) is 6.92 Å². The predicted molar refractivity (Wildman–Crippen MR) is 133 cm³/mol. The van der Waals surface area contributed by atoms with Gasteiger partial charge in [0.2, 0.25) is 0 Å². The topological polar surface area (TPSA) is 83.8 Å². The van der Waals surface area contributed by atoms with E-state index in [0.29, 0.717) is 29.6 Å². The Hall–Kier alpha value is -0.990. The molecule has 2 N–H and O–H groups in total. The Bertz CT molecular complexity index is 755. The van der Waals surface area contributed by atoms with Gasteiger partial charge in [0.1, 0.15) is 11.5 Å². The normalized spacial score (nSPS) is 20.7. The fourth-order valence-corrected chi connectivity index (χ4v) is 8.57.